The third-order valence-electron chi connectivity index (χ3n) is 4.94. The van der Waals surface area contributed by atoms with Crippen LogP contribution >= 0.6 is 11.6 Å². The van der Waals surface area contributed by atoms with E-state index in [0.717, 1.165) is 0 Å². The van der Waals surface area contributed by atoms with E-state index in [1.807, 2.05) is 0 Å². The van der Waals surface area contributed by atoms with Gasteiger partial charge in [0.25, 0.3) is 21.8 Å². The number of anilines is 2. The summed E-state index contributed by atoms with van der Waals surface area (Å²) in [6, 6.07) is 22.0. The van der Waals surface area contributed by atoms with E-state index in [-0.39, 0.29) is 33.3 Å². The van der Waals surface area contributed by atoms with E-state index >= 15 is 0 Å². The standard InChI is InChI=1S/C25H20ClN3O5S/c26-22-15-17(29-35(32,33)19-8-2-1-3-9-19)12-13-20(22)25(31)28-23-11-5-4-10-21(23)24(30)27-16-18-7-6-14-34-18/h1-15,29H,16H2,(H,27,30)(H,28,31). The largest absolute Gasteiger partial charge is 0.467 e. The Morgan fingerprint density at radius 1 is 0.829 bits per heavy atom. The van der Waals surface area contributed by atoms with E-state index in [9.17, 15) is 18.0 Å². The minimum Gasteiger partial charge on any atom is -0.467 e. The van der Waals surface area contributed by atoms with E-state index in [2.05, 4.69) is 15.4 Å². The van der Waals surface area contributed by atoms with Gasteiger partial charge in [-0.3, -0.25) is 14.3 Å². The van der Waals surface area contributed by atoms with Crippen molar-refractivity contribution in [2.45, 2.75) is 11.4 Å². The minimum absolute atomic E-state index is 0.0375. The third kappa shape index (κ3) is 5.89. The van der Waals surface area contributed by atoms with Crippen LogP contribution in [0.5, 0.6) is 0 Å². The lowest BCUT2D eigenvalue weighted by atomic mass is 10.1. The number of halogens is 1. The predicted molar refractivity (Wildman–Crippen MR) is 133 cm³/mol. The summed E-state index contributed by atoms with van der Waals surface area (Å²) in [5.41, 5.74) is 0.864. The maximum absolute atomic E-state index is 12.9. The fraction of sp³-hybridized carbons (Fsp3) is 0.0400. The van der Waals surface area contributed by atoms with E-state index in [1.54, 1.807) is 54.6 Å². The molecule has 0 atom stereocenters. The van der Waals surface area contributed by atoms with Crippen molar-refractivity contribution in [1.82, 2.24) is 5.32 Å². The molecule has 0 radical (unpaired) electrons. The van der Waals surface area contributed by atoms with Crippen LogP contribution in [0.1, 0.15) is 26.5 Å². The van der Waals surface area contributed by atoms with Gasteiger partial charge >= 0.3 is 0 Å². The monoisotopic (exact) mass is 509 g/mol. The summed E-state index contributed by atoms with van der Waals surface area (Å²) in [6.07, 6.45) is 1.51. The highest BCUT2D eigenvalue weighted by atomic mass is 35.5. The lowest BCUT2D eigenvalue weighted by Crippen LogP contribution is -2.24. The van der Waals surface area contributed by atoms with Crippen LogP contribution in [0.25, 0.3) is 0 Å². The zero-order chi connectivity index (χ0) is 24.8. The summed E-state index contributed by atoms with van der Waals surface area (Å²) in [5, 5.41) is 5.46. The fourth-order valence-electron chi connectivity index (χ4n) is 3.23. The second kappa shape index (κ2) is 10.5. The molecule has 4 rings (SSSR count). The molecule has 0 bridgehead atoms. The van der Waals surface area contributed by atoms with Crippen molar-refractivity contribution >= 4 is 44.8 Å². The average molecular weight is 510 g/mol. The molecule has 8 nitrogen and oxygen atoms in total. The smallest absolute Gasteiger partial charge is 0.261 e. The van der Waals surface area contributed by atoms with Crippen LogP contribution in [-0.4, -0.2) is 20.2 Å². The quantitative estimate of drug-likeness (QED) is 0.312. The Balaban J connectivity index is 1.47. The van der Waals surface area contributed by atoms with Crippen LogP contribution in [0.15, 0.2) is 101 Å². The Kier molecular flexibility index (Phi) is 7.19. The number of carbonyl (C=O) groups excluding carboxylic acids is 2. The van der Waals surface area contributed by atoms with Crippen LogP contribution in [-0.2, 0) is 16.6 Å². The number of sulfonamides is 1. The first-order valence-corrected chi connectivity index (χ1v) is 12.3. The second-order valence-corrected chi connectivity index (χ2v) is 9.46. The number of benzene rings is 3. The van der Waals surface area contributed by atoms with Gasteiger partial charge in [0.2, 0.25) is 0 Å². The average Bonchev–Trinajstić information content (AvgIpc) is 3.37. The molecule has 0 spiro atoms. The molecule has 1 heterocycles. The molecule has 4 aromatic rings. The Labute approximate surface area is 207 Å². The lowest BCUT2D eigenvalue weighted by Gasteiger charge is -2.13. The van der Waals surface area contributed by atoms with Gasteiger partial charge in [0.1, 0.15) is 5.76 Å². The van der Waals surface area contributed by atoms with E-state index in [1.165, 1.54) is 36.6 Å². The first kappa shape index (κ1) is 24.1. The topological polar surface area (TPSA) is 118 Å². The molecule has 0 aliphatic carbocycles. The Hall–Kier alpha value is -4.08. The van der Waals surface area contributed by atoms with Crippen LogP contribution in [0.3, 0.4) is 0 Å². The molecule has 1 aromatic heterocycles. The molecule has 2 amide bonds. The number of hydrogen-bond donors (Lipinski definition) is 3. The molecule has 0 unspecified atom stereocenters. The first-order valence-electron chi connectivity index (χ1n) is 10.4. The van der Waals surface area contributed by atoms with Crippen LogP contribution in [0, 0.1) is 0 Å². The van der Waals surface area contributed by atoms with Crippen molar-refractivity contribution in [3.05, 3.63) is 113 Å². The van der Waals surface area contributed by atoms with E-state index in [4.69, 9.17) is 16.0 Å². The number of furan rings is 1. The molecule has 3 aromatic carbocycles. The normalized spacial score (nSPS) is 11.0. The van der Waals surface area contributed by atoms with Gasteiger partial charge in [-0.1, -0.05) is 41.9 Å². The zero-order valence-electron chi connectivity index (χ0n) is 18.2. The third-order valence-corrected chi connectivity index (χ3v) is 6.65. The number of amides is 2. The number of carbonyl (C=O) groups is 2. The van der Waals surface area contributed by atoms with Gasteiger partial charge in [0.15, 0.2) is 0 Å². The Morgan fingerprint density at radius 3 is 2.29 bits per heavy atom. The zero-order valence-corrected chi connectivity index (χ0v) is 19.8. The van der Waals surface area contributed by atoms with E-state index in [0.29, 0.717) is 11.4 Å². The summed E-state index contributed by atoms with van der Waals surface area (Å²) in [5.74, 6) is -0.359. The van der Waals surface area contributed by atoms with Gasteiger partial charge in [-0.05, 0) is 54.6 Å². The minimum atomic E-state index is -3.81. The summed E-state index contributed by atoms with van der Waals surface area (Å²) in [4.78, 5) is 25.6. The SMILES string of the molecule is O=C(Nc1ccccc1C(=O)NCc1ccco1)c1ccc(NS(=O)(=O)c2ccccc2)cc1Cl. The van der Waals surface area contributed by atoms with Gasteiger partial charge in [-0.2, -0.15) is 0 Å². The summed E-state index contributed by atoms with van der Waals surface area (Å²) in [6.45, 7) is 0.195. The molecule has 0 aliphatic rings. The molecule has 0 fully saturated rings. The Bertz CT molecular complexity index is 1460. The van der Waals surface area contributed by atoms with Crippen molar-refractivity contribution in [3.63, 3.8) is 0 Å². The maximum Gasteiger partial charge on any atom is 0.261 e. The predicted octanol–water partition coefficient (Wildman–Crippen LogP) is 4.92. The van der Waals surface area contributed by atoms with Crippen molar-refractivity contribution in [1.29, 1.82) is 0 Å². The lowest BCUT2D eigenvalue weighted by molar-refractivity contribution is 0.0949. The molecule has 0 saturated carbocycles. The Morgan fingerprint density at radius 2 is 1.57 bits per heavy atom. The summed E-state index contributed by atoms with van der Waals surface area (Å²) in [7, 11) is -3.81. The van der Waals surface area contributed by atoms with Crippen LogP contribution < -0.4 is 15.4 Å². The highest BCUT2D eigenvalue weighted by molar-refractivity contribution is 7.92. The van der Waals surface area contributed by atoms with E-state index < -0.39 is 21.8 Å². The van der Waals surface area contributed by atoms with Gasteiger partial charge in [-0.15, -0.1) is 0 Å². The molecule has 178 valence electrons. The molecule has 35 heavy (non-hydrogen) atoms. The molecule has 0 aliphatic heterocycles. The number of hydrogen-bond acceptors (Lipinski definition) is 5. The molecular formula is C25H20ClN3O5S. The van der Waals surface area contributed by atoms with Crippen molar-refractivity contribution in [3.8, 4) is 0 Å². The number of rotatable bonds is 8. The van der Waals surface area contributed by atoms with Crippen LogP contribution in [0.4, 0.5) is 11.4 Å². The summed E-state index contributed by atoms with van der Waals surface area (Å²) < 4.78 is 32.7. The van der Waals surface area contributed by atoms with Crippen molar-refractivity contribution < 1.29 is 22.4 Å². The second-order valence-electron chi connectivity index (χ2n) is 7.37. The molecule has 0 saturated heterocycles. The molecule has 10 heteroatoms. The maximum atomic E-state index is 12.9. The van der Waals surface area contributed by atoms with Crippen molar-refractivity contribution in [2.24, 2.45) is 0 Å². The highest BCUT2D eigenvalue weighted by Gasteiger charge is 2.18. The number of para-hydroxylation sites is 1. The van der Waals surface area contributed by atoms with Gasteiger partial charge in [0, 0.05) is 0 Å². The van der Waals surface area contributed by atoms with Gasteiger partial charge in [0.05, 0.1) is 45.2 Å². The number of nitrogens with one attached hydrogen (secondary N) is 3. The fourth-order valence-corrected chi connectivity index (χ4v) is 4.57. The first-order chi connectivity index (χ1) is 16.8. The van der Waals surface area contributed by atoms with Gasteiger partial charge < -0.3 is 15.1 Å². The summed E-state index contributed by atoms with van der Waals surface area (Å²) >= 11 is 6.29. The van der Waals surface area contributed by atoms with Crippen molar-refractivity contribution in [2.75, 3.05) is 10.0 Å². The van der Waals surface area contributed by atoms with Crippen LogP contribution in [0.2, 0.25) is 5.02 Å². The van der Waals surface area contributed by atoms with Gasteiger partial charge in [-0.25, -0.2) is 8.42 Å². The molecular weight excluding hydrogens is 490 g/mol. The molecule has 3 N–H and O–H groups in total. The highest BCUT2D eigenvalue weighted by Crippen LogP contribution is 2.25.